The lowest BCUT2D eigenvalue weighted by Gasteiger charge is -2.35. The van der Waals surface area contributed by atoms with Gasteiger partial charge in [-0.3, -0.25) is 0 Å². The Labute approximate surface area is 154 Å². The monoisotopic (exact) mass is 358 g/mol. The van der Waals surface area contributed by atoms with Crippen LogP contribution in [0.5, 0.6) is 0 Å². The van der Waals surface area contributed by atoms with Crippen molar-refractivity contribution in [1.29, 1.82) is 0 Å². The van der Waals surface area contributed by atoms with Gasteiger partial charge in [0, 0.05) is 26.2 Å². The van der Waals surface area contributed by atoms with Crippen LogP contribution in [0.1, 0.15) is 12.0 Å². The van der Waals surface area contributed by atoms with E-state index < -0.39 is 0 Å². The van der Waals surface area contributed by atoms with Crippen LogP contribution >= 0.6 is 11.6 Å². The van der Waals surface area contributed by atoms with Gasteiger partial charge in [-0.2, -0.15) is 0 Å². The molecule has 2 aromatic rings. The number of piperazine rings is 1. The van der Waals surface area contributed by atoms with Crippen molar-refractivity contribution in [1.82, 2.24) is 4.90 Å². The van der Waals surface area contributed by atoms with Crippen molar-refractivity contribution in [2.45, 2.75) is 12.8 Å². The molecular weight excluding hydrogens is 336 g/mol. The highest BCUT2D eigenvalue weighted by Gasteiger charge is 2.23. The molecule has 1 aliphatic heterocycles. The second-order valence-corrected chi connectivity index (χ2v) is 6.54. The Morgan fingerprint density at radius 2 is 1.64 bits per heavy atom. The molecule has 1 aliphatic rings. The number of para-hydroxylation sites is 1. The first-order valence-electron chi connectivity index (χ1n) is 8.69. The topological polar surface area (TPSA) is 32.8 Å². The zero-order valence-corrected chi connectivity index (χ0v) is 15.0. The normalized spacial score (nSPS) is 14.4. The van der Waals surface area contributed by atoms with Gasteiger partial charge in [0.1, 0.15) is 0 Å². The number of benzene rings is 2. The Morgan fingerprint density at radius 1 is 0.960 bits per heavy atom. The third kappa shape index (κ3) is 4.89. The molecule has 4 nitrogen and oxygen atoms in total. The van der Waals surface area contributed by atoms with Crippen LogP contribution in [-0.2, 0) is 11.2 Å². The summed E-state index contributed by atoms with van der Waals surface area (Å²) >= 11 is 6.24. The second-order valence-electron chi connectivity index (χ2n) is 6.13. The van der Waals surface area contributed by atoms with Crippen LogP contribution in [0, 0.1) is 0 Å². The summed E-state index contributed by atoms with van der Waals surface area (Å²) in [6, 6.07) is 18.1. The smallest absolute Gasteiger partial charge is 0.409 e. The molecule has 1 heterocycles. The Hall–Kier alpha value is -2.20. The fourth-order valence-electron chi connectivity index (χ4n) is 3.01. The fraction of sp³-hybridized carbons (Fsp3) is 0.350. The molecule has 0 spiro atoms. The van der Waals surface area contributed by atoms with Gasteiger partial charge in [-0.15, -0.1) is 0 Å². The first kappa shape index (κ1) is 17.6. The number of aryl methyl sites for hydroxylation is 1. The van der Waals surface area contributed by atoms with E-state index >= 15 is 0 Å². The molecular formula is C20H23ClN2O2. The molecule has 132 valence electrons. The van der Waals surface area contributed by atoms with E-state index in [0.717, 1.165) is 36.6 Å². The number of hydrogen-bond donors (Lipinski definition) is 0. The number of amides is 1. The van der Waals surface area contributed by atoms with Crippen molar-refractivity contribution in [2.24, 2.45) is 0 Å². The summed E-state index contributed by atoms with van der Waals surface area (Å²) in [5.74, 6) is 0. The van der Waals surface area contributed by atoms with Crippen LogP contribution in [-0.4, -0.2) is 43.8 Å². The van der Waals surface area contributed by atoms with Gasteiger partial charge in [0.15, 0.2) is 0 Å². The number of hydrogen-bond acceptors (Lipinski definition) is 3. The van der Waals surface area contributed by atoms with Gasteiger partial charge in [-0.05, 0) is 30.5 Å². The van der Waals surface area contributed by atoms with E-state index in [4.69, 9.17) is 16.3 Å². The molecule has 0 bridgehead atoms. The molecule has 1 fully saturated rings. The summed E-state index contributed by atoms with van der Waals surface area (Å²) in [6.45, 7) is 3.30. The summed E-state index contributed by atoms with van der Waals surface area (Å²) in [5.41, 5.74) is 2.30. The van der Waals surface area contributed by atoms with E-state index in [0.29, 0.717) is 19.7 Å². The number of carbonyl (C=O) groups is 1. The van der Waals surface area contributed by atoms with E-state index in [1.165, 1.54) is 5.56 Å². The molecule has 0 aromatic heterocycles. The molecule has 0 saturated carbocycles. The predicted molar refractivity (Wildman–Crippen MR) is 101 cm³/mol. The molecule has 0 aliphatic carbocycles. The van der Waals surface area contributed by atoms with Crippen LogP contribution in [0.3, 0.4) is 0 Å². The molecule has 3 rings (SSSR count). The van der Waals surface area contributed by atoms with E-state index in [-0.39, 0.29) is 6.09 Å². The molecule has 0 atom stereocenters. The SMILES string of the molecule is O=C(OCCCc1ccccc1)N1CCN(c2ccccc2Cl)CC1. The van der Waals surface area contributed by atoms with Crippen molar-refractivity contribution in [2.75, 3.05) is 37.7 Å². The van der Waals surface area contributed by atoms with E-state index in [9.17, 15) is 4.79 Å². The maximum atomic E-state index is 12.2. The zero-order chi connectivity index (χ0) is 17.5. The molecule has 1 amide bonds. The third-order valence-electron chi connectivity index (χ3n) is 4.41. The minimum atomic E-state index is -0.216. The minimum Gasteiger partial charge on any atom is -0.449 e. The molecule has 0 unspecified atom stereocenters. The summed E-state index contributed by atoms with van der Waals surface area (Å²) in [5, 5.41) is 0.749. The largest absolute Gasteiger partial charge is 0.449 e. The average molecular weight is 359 g/mol. The van der Waals surface area contributed by atoms with Gasteiger partial charge in [0.05, 0.1) is 17.3 Å². The average Bonchev–Trinajstić information content (AvgIpc) is 2.66. The highest BCUT2D eigenvalue weighted by molar-refractivity contribution is 6.33. The predicted octanol–water partition coefficient (Wildman–Crippen LogP) is 4.23. The summed E-state index contributed by atoms with van der Waals surface area (Å²) in [6.07, 6.45) is 1.55. The lowest BCUT2D eigenvalue weighted by molar-refractivity contribution is 0.0992. The van der Waals surface area contributed by atoms with Crippen molar-refractivity contribution < 1.29 is 9.53 Å². The number of halogens is 1. The maximum Gasteiger partial charge on any atom is 0.409 e. The van der Waals surface area contributed by atoms with Crippen LogP contribution in [0.15, 0.2) is 54.6 Å². The Morgan fingerprint density at radius 3 is 2.36 bits per heavy atom. The molecule has 25 heavy (non-hydrogen) atoms. The van der Waals surface area contributed by atoms with E-state index in [1.54, 1.807) is 4.90 Å². The number of ether oxygens (including phenoxy) is 1. The molecule has 0 radical (unpaired) electrons. The van der Waals surface area contributed by atoms with Gasteiger partial charge in [-0.1, -0.05) is 54.1 Å². The maximum absolute atomic E-state index is 12.2. The minimum absolute atomic E-state index is 0.216. The van der Waals surface area contributed by atoms with E-state index in [2.05, 4.69) is 17.0 Å². The van der Waals surface area contributed by atoms with E-state index in [1.807, 2.05) is 42.5 Å². The molecule has 2 aromatic carbocycles. The van der Waals surface area contributed by atoms with Crippen molar-refractivity contribution in [3.05, 3.63) is 65.2 Å². The van der Waals surface area contributed by atoms with Gasteiger partial charge in [0.25, 0.3) is 0 Å². The van der Waals surface area contributed by atoms with Crippen molar-refractivity contribution in [3.8, 4) is 0 Å². The molecule has 0 N–H and O–H groups in total. The number of carbonyl (C=O) groups excluding carboxylic acids is 1. The molecule has 1 saturated heterocycles. The van der Waals surface area contributed by atoms with Gasteiger partial charge in [-0.25, -0.2) is 4.79 Å². The highest BCUT2D eigenvalue weighted by atomic mass is 35.5. The number of rotatable bonds is 5. The second kappa shape index (κ2) is 8.77. The fourth-order valence-corrected chi connectivity index (χ4v) is 3.27. The standard InChI is InChI=1S/C20H23ClN2O2/c21-18-10-4-5-11-19(18)22-12-14-23(15-13-22)20(24)25-16-6-9-17-7-2-1-3-8-17/h1-5,7-8,10-11H,6,9,12-16H2. The van der Waals surface area contributed by atoms with Crippen LogP contribution in [0.2, 0.25) is 5.02 Å². The quantitative estimate of drug-likeness (QED) is 0.750. The van der Waals surface area contributed by atoms with Crippen LogP contribution in [0.4, 0.5) is 10.5 Å². The summed E-state index contributed by atoms with van der Waals surface area (Å²) in [7, 11) is 0. The first-order chi connectivity index (χ1) is 12.2. The van der Waals surface area contributed by atoms with Gasteiger partial charge in [0.2, 0.25) is 0 Å². The summed E-state index contributed by atoms with van der Waals surface area (Å²) < 4.78 is 5.41. The number of nitrogens with zero attached hydrogens (tertiary/aromatic N) is 2. The van der Waals surface area contributed by atoms with Crippen LogP contribution < -0.4 is 4.90 Å². The zero-order valence-electron chi connectivity index (χ0n) is 14.2. The Balaban J connectivity index is 1.39. The third-order valence-corrected chi connectivity index (χ3v) is 4.73. The summed E-state index contributed by atoms with van der Waals surface area (Å²) in [4.78, 5) is 16.2. The van der Waals surface area contributed by atoms with Crippen molar-refractivity contribution in [3.63, 3.8) is 0 Å². The van der Waals surface area contributed by atoms with Gasteiger partial charge >= 0.3 is 6.09 Å². The lowest BCUT2D eigenvalue weighted by Crippen LogP contribution is -2.49. The highest BCUT2D eigenvalue weighted by Crippen LogP contribution is 2.26. The first-order valence-corrected chi connectivity index (χ1v) is 9.07. The van der Waals surface area contributed by atoms with Crippen molar-refractivity contribution >= 4 is 23.4 Å². The van der Waals surface area contributed by atoms with Gasteiger partial charge < -0.3 is 14.5 Å². The molecule has 5 heteroatoms. The Kier molecular flexibility index (Phi) is 6.18. The Bertz CT molecular complexity index is 685. The lowest BCUT2D eigenvalue weighted by atomic mass is 10.1. The number of anilines is 1. The van der Waals surface area contributed by atoms with Crippen LogP contribution in [0.25, 0.3) is 0 Å².